The van der Waals surface area contributed by atoms with Gasteiger partial charge in [-0.25, -0.2) is 4.98 Å². The second-order valence-corrected chi connectivity index (χ2v) is 6.95. The number of para-hydroxylation sites is 1. The molecule has 1 atom stereocenters. The summed E-state index contributed by atoms with van der Waals surface area (Å²) in [5, 5.41) is 3.43. The van der Waals surface area contributed by atoms with E-state index in [9.17, 15) is 0 Å². The minimum atomic E-state index is 0.252. The second kappa shape index (κ2) is 6.81. The molecular formula is C21H20N2OS. The van der Waals surface area contributed by atoms with Gasteiger partial charge in [0, 0.05) is 40.2 Å². The van der Waals surface area contributed by atoms with Crippen molar-refractivity contribution in [1.29, 1.82) is 0 Å². The highest BCUT2D eigenvalue weighted by atomic mass is 32.2. The van der Waals surface area contributed by atoms with Crippen LogP contribution in [0.3, 0.4) is 0 Å². The summed E-state index contributed by atoms with van der Waals surface area (Å²) in [5.74, 6) is 2.15. The molecule has 1 N–H and O–H groups in total. The fourth-order valence-corrected chi connectivity index (χ4v) is 3.86. The fourth-order valence-electron chi connectivity index (χ4n) is 3.40. The smallest absolute Gasteiger partial charge is 0.129 e. The molecule has 1 aliphatic heterocycles. The van der Waals surface area contributed by atoms with Crippen molar-refractivity contribution in [3.05, 3.63) is 71.9 Å². The maximum absolute atomic E-state index is 5.57. The third kappa shape index (κ3) is 2.98. The minimum Gasteiger partial charge on any atom is -0.496 e. The van der Waals surface area contributed by atoms with E-state index in [0.717, 1.165) is 23.7 Å². The van der Waals surface area contributed by atoms with Crippen LogP contribution in [0.15, 0.2) is 65.7 Å². The molecule has 4 rings (SSSR count). The summed E-state index contributed by atoms with van der Waals surface area (Å²) >= 11 is 1.76. The topological polar surface area (TPSA) is 34.1 Å². The molecular weight excluding hydrogens is 328 g/mol. The Morgan fingerprint density at radius 3 is 2.76 bits per heavy atom. The first-order valence-electron chi connectivity index (χ1n) is 8.31. The van der Waals surface area contributed by atoms with Crippen molar-refractivity contribution in [2.45, 2.75) is 10.8 Å². The third-order valence-corrected chi connectivity index (χ3v) is 5.41. The first-order chi connectivity index (χ1) is 12.3. The first kappa shape index (κ1) is 16.0. The van der Waals surface area contributed by atoms with Gasteiger partial charge >= 0.3 is 0 Å². The molecule has 0 spiro atoms. The Morgan fingerprint density at radius 2 is 1.92 bits per heavy atom. The zero-order chi connectivity index (χ0) is 17.2. The number of hydrogen-bond donors (Lipinski definition) is 1. The van der Waals surface area contributed by atoms with Crippen LogP contribution in [0.2, 0.25) is 0 Å². The zero-order valence-corrected chi connectivity index (χ0v) is 15.1. The number of pyridine rings is 1. The van der Waals surface area contributed by atoms with Gasteiger partial charge in [-0.05, 0) is 36.1 Å². The molecule has 0 radical (unpaired) electrons. The summed E-state index contributed by atoms with van der Waals surface area (Å²) in [6.45, 7) is 0.844. The predicted octanol–water partition coefficient (Wildman–Crippen LogP) is 5.04. The SMILES string of the molecule is COc1ccccc1C1CNc2ncc(-c3cccc(SC)c3)cc21. The van der Waals surface area contributed by atoms with Gasteiger partial charge in [-0.1, -0.05) is 30.3 Å². The van der Waals surface area contributed by atoms with Gasteiger partial charge in [-0.2, -0.15) is 0 Å². The average Bonchev–Trinajstić information content (AvgIpc) is 3.11. The molecule has 1 unspecified atom stereocenters. The third-order valence-electron chi connectivity index (χ3n) is 4.68. The Balaban J connectivity index is 1.77. The van der Waals surface area contributed by atoms with E-state index in [1.165, 1.54) is 21.6 Å². The number of benzene rings is 2. The van der Waals surface area contributed by atoms with Gasteiger partial charge in [-0.15, -0.1) is 11.8 Å². The molecule has 1 aliphatic rings. The van der Waals surface area contributed by atoms with Crippen LogP contribution in [0.25, 0.3) is 11.1 Å². The lowest BCUT2D eigenvalue weighted by molar-refractivity contribution is 0.408. The number of hydrogen-bond acceptors (Lipinski definition) is 4. The Labute approximate surface area is 152 Å². The van der Waals surface area contributed by atoms with Crippen molar-refractivity contribution in [1.82, 2.24) is 4.98 Å². The summed E-state index contributed by atoms with van der Waals surface area (Å²) < 4.78 is 5.57. The van der Waals surface area contributed by atoms with Crippen LogP contribution in [0.1, 0.15) is 17.0 Å². The van der Waals surface area contributed by atoms with E-state index in [-0.39, 0.29) is 5.92 Å². The van der Waals surface area contributed by atoms with Crippen molar-refractivity contribution in [3.8, 4) is 16.9 Å². The van der Waals surface area contributed by atoms with Crippen molar-refractivity contribution >= 4 is 17.6 Å². The molecule has 1 aromatic heterocycles. The summed E-state index contributed by atoms with van der Waals surface area (Å²) in [7, 11) is 1.73. The number of fused-ring (bicyclic) bond motifs is 1. The number of nitrogens with zero attached hydrogens (tertiary/aromatic N) is 1. The maximum atomic E-state index is 5.57. The Morgan fingerprint density at radius 1 is 1.04 bits per heavy atom. The van der Waals surface area contributed by atoms with Crippen LogP contribution in [-0.2, 0) is 0 Å². The molecule has 0 bridgehead atoms. The van der Waals surface area contributed by atoms with Gasteiger partial charge in [-0.3, -0.25) is 0 Å². The van der Waals surface area contributed by atoms with Gasteiger partial charge in [0.1, 0.15) is 11.6 Å². The summed E-state index contributed by atoms with van der Waals surface area (Å²) in [5.41, 5.74) is 4.79. The first-order valence-corrected chi connectivity index (χ1v) is 9.54. The largest absolute Gasteiger partial charge is 0.496 e. The standard InChI is InChI=1S/C21H20N2OS/c1-24-20-9-4-3-8-17(20)19-13-23-21-18(19)11-15(12-22-21)14-6-5-7-16(10-14)25-2/h3-12,19H,13H2,1-2H3,(H,22,23). The minimum absolute atomic E-state index is 0.252. The maximum Gasteiger partial charge on any atom is 0.129 e. The molecule has 2 heterocycles. The van der Waals surface area contributed by atoms with E-state index in [2.05, 4.69) is 59.0 Å². The lowest BCUT2D eigenvalue weighted by atomic mass is 9.92. The van der Waals surface area contributed by atoms with E-state index >= 15 is 0 Å². The second-order valence-electron chi connectivity index (χ2n) is 6.07. The van der Waals surface area contributed by atoms with E-state index in [1.54, 1.807) is 18.9 Å². The number of nitrogens with one attached hydrogen (secondary N) is 1. The van der Waals surface area contributed by atoms with Crippen molar-refractivity contribution in [2.75, 3.05) is 25.2 Å². The van der Waals surface area contributed by atoms with E-state index in [1.807, 2.05) is 18.3 Å². The molecule has 0 saturated carbocycles. The quantitative estimate of drug-likeness (QED) is 0.670. The Hall–Kier alpha value is -2.46. The Bertz CT molecular complexity index is 910. The van der Waals surface area contributed by atoms with Crippen LogP contribution in [0, 0.1) is 0 Å². The van der Waals surface area contributed by atoms with Gasteiger partial charge < -0.3 is 10.1 Å². The Kier molecular flexibility index (Phi) is 4.36. The van der Waals surface area contributed by atoms with E-state index in [4.69, 9.17) is 4.74 Å². The van der Waals surface area contributed by atoms with Gasteiger partial charge in [0.2, 0.25) is 0 Å². The number of rotatable bonds is 4. The fraction of sp³-hybridized carbons (Fsp3) is 0.190. The van der Waals surface area contributed by atoms with Gasteiger partial charge in [0.25, 0.3) is 0 Å². The molecule has 0 saturated heterocycles. The van der Waals surface area contributed by atoms with Crippen molar-refractivity contribution < 1.29 is 4.74 Å². The molecule has 126 valence electrons. The number of ether oxygens (including phenoxy) is 1. The van der Waals surface area contributed by atoms with Crippen LogP contribution >= 0.6 is 11.8 Å². The van der Waals surface area contributed by atoms with Gasteiger partial charge in [0.05, 0.1) is 7.11 Å². The summed E-state index contributed by atoms with van der Waals surface area (Å²) in [6, 6.07) is 19.1. The average molecular weight is 348 g/mol. The van der Waals surface area contributed by atoms with Crippen LogP contribution < -0.4 is 10.1 Å². The summed E-state index contributed by atoms with van der Waals surface area (Å²) in [4.78, 5) is 5.93. The molecule has 3 aromatic rings. The van der Waals surface area contributed by atoms with Crippen LogP contribution in [-0.4, -0.2) is 24.9 Å². The van der Waals surface area contributed by atoms with Gasteiger partial charge in [0.15, 0.2) is 0 Å². The molecule has 4 heteroatoms. The lowest BCUT2D eigenvalue weighted by Crippen LogP contribution is -2.05. The summed E-state index contributed by atoms with van der Waals surface area (Å²) in [6.07, 6.45) is 4.05. The highest BCUT2D eigenvalue weighted by Gasteiger charge is 2.27. The zero-order valence-electron chi connectivity index (χ0n) is 14.3. The molecule has 0 amide bonds. The molecule has 3 nitrogen and oxygen atoms in total. The number of anilines is 1. The molecule has 0 fully saturated rings. The van der Waals surface area contributed by atoms with Crippen LogP contribution in [0.5, 0.6) is 5.75 Å². The van der Waals surface area contributed by atoms with E-state index < -0.39 is 0 Å². The molecule has 25 heavy (non-hydrogen) atoms. The molecule has 0 aliphatic carbocycles. The number of thioether (sulfide) groups is 1. The molecule has 2 aromatic carbocycles. The highest BCUT2D eigenvalue weighted by molar-refractivity contribution is 7.98. The van der Waals surface area contributed by atoms with Crippen LogP contribution in [0.4, 0.5) is 5.82 Å². The van der Waals surface area contributed by atoms with Crippen molar-refractivity contribution in [3.63, 3.8) is 0 Å². The number of methoxy groups -OCH3 is 1. The van der Waals surface area contributed by atoms with Crippen molar-refractivity contribution in [2.24, 2.45) is 0 Å². The predicted molar refractivity (Wildman–Crippen MR) is 105 cm³/mol. The normalized spacial score (nSPS) is 15.5. The van der Waals surface area contributed by atoms with E-state index in [0.29, 0.717) is 0 Å². The lowest BCUT2D eigenvalue weighted by Gasteiger charge is -2.15. The number of aromatic nitrogens is 1. The monoisotopic (exact) mass is 348 g/mol. The highest BCUT2D eigenvalue weighted by Crippen LogP contribution is 2.40.